The molecule has 0 aliphatic heterocycles. The molecule has 0 bridgehead atoms. The van der Waals surface area contributed by atoms with Gasteiger partial charge in [-0.05, 0) is 31.4 Å². The van der Waals surface area contributed by atoms with Crippen molar-refractivity contribution < 1.29 is 4.84 Å². The van der Waals surface area contributed by atoms with Gasteiger partial charge >= 0.3 is 0 Å². The second kappa shape index (κ2) is 3.09. The van der Waals surface area contributed by atoms with E-state index in [0.717, 1.165) is 18.5 Å². The lowest BCUT2D eigenvalue weighted by atomic mass is 9.99. The molecule has 1 aliphatic carbocycles. The molecule has 1 fully saturated rings. The summed E-state index contributed by atoms with van der Waals surface area (Å²) in [6, 6.07) is 4.15. The van der Waals surface area contributed by atoms with Gasteiger partial charge in [0.25, 0.3) is 0 Å². The number of nitrogens with two attached hydrogens (primary N) is 1. The second-order valence-electron chi connectivity index (χ2n) is 3.78. The summed E-state index contributed by atoms with van der Waals surface area (Å²) in [5, 5.41) is 0. The van der Waals surface area contributed by atoms with Crippen molar-refractivity contribution in [3.8, 4) is 0 Å². The maximum absolute atomic E-state index is 5.10. The van der Waals surface area contributed by atoms with Crippen LogP contribution in [0.25, 0.3) is 0 Å². The zero-order valence-electron chi connectivity index (χ0n) is 7.79. The van der Waals surface area contributed by atoms with E-state index in [-0.39, 0.29) is 5.41 Å². The number of nitrogens with zero attached hydrogens (tertiary/aromatic N) is 1. The number of rotatable bonds is 3. The highest BCUT2D eigenvalue weighted by atomic mass is 16.6. The van der Waals surface area contributed by atoms with Gasteiger partial charge in [0.2, 0.25) is 0 Å². The Morgan fingerprint density at radius 3 is 2.77 bits per heavy atom. The Bertz CT molecular complexity index is 290. The zero-order chi connectivity index (χ0) is 9.31. The first-order chi connectivity index (χ1) is 6.27. The third-order valence-corrected chi connectivity index (χ3v) is 2.74. The summed E-state index contributed by atoms with van der Waals surface area (Å²) < 4.78 is 0. The third-order valence-electron chi connectivity index (χ3n) is 2.74. The summed E-state index contributed by atoms with van der Waals surface area (Å²) in [5.41, 5.74) is 2.48. The van der Waals surface area contributed by atoms with Crippen molar-refractivity contribution in [1.82, 2.24) is 4.98 Å². The standard InChI is InChI=1S/C10H14N2O/c1-8-2-3-9(6-12-8)10(4-5-10)7-13-11/h2-3,6H,4-5,7,11H2,1H3. The largest absolute Gasteiger partial charge is 0.304 e. The number of hydrogen-bond donors (Lipinski definition) is 1. The molecule has 2 N–H and O–H groups in total. The van der Waals surface area contributed by atoms with Crippen molar-refractivity contribution >= 4 is 0 Å². The molecule has 2 rings (SSSR count). The van der Waals surface area contributed by atoms with E-state index in [1.807, 2.05) is 19.2 Å². The van der Waals surface area contributed by atoms with Crippen LogP contribution in [0.1, 0.15) is 24.1 Å². The van der Waals surface area contributed by atoms with Crippen LogP contribution in [-0.2, 0) is 10.3 Å². The molecular weight excluding hydrogens is 164 g/mol. The Hall–Kier alpha value is -0.930. The van der Waals surface area contributed by atoms with E-state index in [0.29, 0.717) is 6.61 Å². The fraction of sp³-hybridized carbons (Fsp3) is 0.500. The fourth-order valence-corrected chi connectivity index (χ4v) is 1.61. The molecule has 70 valence electrons. The molecule has 0 atom stereocenters. The number of aryl methyl sites for hydroxylation is 1. The first kappa shape index (κ1) is 8.66. The minimum Gasteiger partial charge on any atom is -0.304 e. The first-order valence-corrected chi connectivity index (χ1v) is 4.52. The van der Waals surface area contributed by atoms with Crippen molar-refractivity contribution in [3.05, 3.63) is 29.6 Å². The van der Waals surface area contributed by atoms with Crippen LogP contribution in [0.15, 0.2) is 18.3 Å². The van der Waals surface area contributed by atoms with Crippen LogP contribution in [0.5, 0.6) is 0 Å². The Morgan fingerprint density at radius 1 is 1.54 bits per heavy atom. The zero-order valence-corrected chi connectivity index (χ0v) is 7.79. The van der Waals surface area contributed by atoms with Gasteiger partial charge in [0.05, 0.1) is 6.61 Å². The summed E-state index contributed by atoms with van der Waals surface area (Å²) in [6.45, 7) is 2.60. The summed E-state index contributed by atoms with van der Waals surface area (Å²) in [6.07, 6.45) is 4.26. The highest BCUT2D eigenvalue weighted by Gasteiger charge is 2.44. The van der Waals surface area contributed by atoms with Crippen LogP contribution in [0.4, 0.5) is 0 Å². The van der Waals surface area contributed by atoms with E-state index < -0.39 is 0 Å². The quantitative estimate of drug-likeness (QED) is 0.710. The number of pyridine rings is 1. The van der Waals surface area contributed by atoms with Crippen molar-refractivity contribution in [3.63, 3.8) is 0 Å². The lowest BCUT2D eigenvalue weighted by Gasteiger charge is -2.13. The maximum Gasteiger partial charge on any atom is 0.0776 e. The predicted octanol–water partition coefficient (Wildman–Crippen LogP) is 1.31. The molecule has 0 amide bonds. The van der Waals surface area contributed by atoms with Crippen molar-refractivity contribution in [2.45, 2.75) is 25.2 Å². The molecule has 1 aromatic heterocycles. The normalized spacial score (nSPS) is 18.6. The molecule has 0 spiro atoms. The second-order valence-corrected chi connectivity index (χ2v) is 3.78. The SMILES string of the molecule is Cc1ccc(C2(CON)CC2)cn1. The summed E-state index contributed by atoms with van der Waals surface area (Å²) >= 11 is 0. The Labute approximate surface area is 77.9 Å². The van der Waals surface area contributed by atoms with Crippen molar-refractivity contribution in [2.24, 2.45) is 5.90 Å². The summed E-state index contributed by atoms with van der Waals surface area (Å²) in [4.78, 5) is 9.00. The monoisotopic (exact) mass is 178 g/mol. The van der Waals surface area contributed by atoms with E-state index in [2.05, 4.69) is 11.1 Å². The van der Waals surface area contributed by atoms with E-state index in [1.165, 1.54) is 5.56 Å². The average molecular weight is 178 g/mol. The van der Waals surface area contributed by atoms with Gasteiger partial charge in [-0.25, -0.2) is 5.90 Å². The lowest BCUT2D eigenvalue weighted by molar-refractivity contribution is 0.116. The summed E-state index contributed by atoms with van der Waals surface area (Å²) in [5.74, 6) is 5.10. The molecule has 0 radical (unpaired) electrons. The van der Waals surface area contributed by atoms with Crippen molar-refractivity contribution in [2.75, 3.05) is 6.61 Å². The van der Waals surface area contributed by atoms with Crippen LogP contribution >= 0.6 is 0 Å². The fourth-order valence-electron chi connectivity index (χ4n) is 1.61. The molecule has 1 heterocycles. The van der Waals surface area contributed by atoms with E-state index in [1.54, 1.807) is 0 Å². The maximum atomic E-state index is 5.10. The Morgan fingerprint density at radius 2 is 2.31 bits per heavy atom. The molecule has 0 saturated heterocycles. The molecule has 1 aliphatic rings. The highest BCUT2D eigenvalue weighted by molar-refractivity contribution is 5.29. The molecule has 1 aromatic rings. The van der Waals surface area contributed by atoms with E-state index in [4.69, 9.17) is 10.7 Å². The molecule has 13 heavy (non-hydrogen) atoms. The molecule has 3 heteroatoms. The van der Waals surface area contributed by atoms with Gasteiger partial charge < -0.3 is 4.84 Å². The van der Waals surface area contributed by atoms with Gasteiger partial charge in [-0.2, -0.15) is 0 Å². The number of aromatic nitrogens is 1. The lowest BCUT2D eigenvalue weighted by Crippen LogP contribution is -2.18. The molecule has 0 unspecified atom stereocenters. The van der Waals surface area contributed by atoms with Crippen LogP contribution in [0.2, 0.25) is 0 Å². The molecule has 0 aromatic carbocycles. The first-order valence-electron chi connectivity index (χ1n) is 4.52. The minimum atomic E-state index is 0.176. The van der Waals surface area contributed by atoms with Crippen LogP contribution in [-0.4, -0.2) is 11.6 Å². The summed E-state index contributed by atoms with van der Waals surface area (Å²) in [7, 11) is 0. The number of hydrogen-bond acceptors (Lipinski definition) is 3. The van der Waals surface area contributed by atoms with Crippen LogP contribution < -0.4 is 5.90 Å². The van der Waals surface area contributed by atoms with E-state index >= 15 is 0 Å². The smallest absolute Gasteiger partial charge is 0.0776 e. The topological polar surface area (TPSA) is 48.1 Å². The van der Waals surface area contributed by atoms with Gasteiger partial charge in [-0.15, -0.1) is 0 Å². The van der Waals surface area contributed by atoms with E-state index in [9.17, 15) is 0 Å². The van der Waals surface area contributed by atoms with Crippen LogP contribution in [0, 0.1) is 6.92 Å². The van der Waals surface area contributed by atoms with Gasteiger partial charge in [0.1, 0.15) is 0 Å². The predicted molar refractivity (Wildman–Crippen MR) is 50.0 cm³/mol. The molecule has 3 nitrogen and oxygen atoms in total. The highest BCUT2D eigenvalue weighted by Crippen LogP contribution is 2.47. The molecule has 1 saturated carbocycles. The minimum absolute atomic E-state index is 0.176. The van der Waals surface area contributed by atoms with Gasteiger partial charge in [0, 0.05) is 17.3 Å². The van der Waals surface area contributed by atoms with Gasteiger partial charge in [0.15, 0.2) is 0 Å². The average Bonchev–Trinajstić information content (AvgIpc) is 2.87. The van der Waals surface area contributed by atoms with Crippen LogP contribution in [0.3, 0.4) is 0 Å². The third kappa shape index (κ3) is 1.57. The van der Waals surface area contributed by atoms with Gasteiger partial charge in [-0.1, -0.05) is 6.07 Å². The Balaban J connectivity index is 2.20. The Kier molecular flexibility index (Phi) is 2.06. The van der Waals surface area contributed by atoms with Gasteiger partial charge in [-0.3, -0.25) is 4.98 Å². The molecular formula is C10H14N2O. The van der Waals surface area contributed by atoms with Crippen molar-refractivity contribution in [1.29, 1.82) is 0 Å².